The molecule has 0 aromatic carbocycles. The van der Waals surface area contributed by atoms with Gasteiger partial charge in [-0.2, -0.15) is 0 Å². The van der Waals surface area contributed by atoms with Crippen molar-refractivity contribution in [2.75, 3.05) is 7.11 Å². The lowest BCUT2D eigenvalue weighted by Crippen LogP contribution is -2.69. The summed E-state index contributed by atoms with van der Waals surface area (Å²) in [5.41, 5.74) is 6.84. The van der Waals surface area contributed by atoms with Gasteiger partial charge in [0, 0.05) is 5.54 Å². The first-order valence-corrected chi connectivity index (χ1v) is 10.1. The molecule has 2 N–H and O–H groups in total. The van der Waals surface area contributed by atoms with Crippen LogP contribution in [-0.4, -0.2) is 18.6 Å². The average molecular weight is 336 g/mol. The van der Waals surface area contributed by atoms with Crippen LogP contribution in [0.3, 0.4) is 0 Å². The Hall–Kier alpha value is -0.570. The zero-order valence-corrected chi connectivity index (χ0v) is 16.4. The summed E-state index contributed by atoms with van der Waals surface area (Å²) >= 11 is 0. The molecule has 3 aliphatic carbocycles. The van der Waals surface area contributed by atoms with Crippen molar-refractivity contribution < 1.29 is 9.53 Å². The predicted octanol–water partition coefficient (Wildman–Crippen LogP) is 4.54. The smallest absolute Gasteiger partial charge is 0.311 e. The molecule has 0 aromatic rings. The molecule has 0 bridgehead atoms. The number of rotatable bonds is 2. The Kier molecular flexibility index (Phi) is 4.56. The highest BCUT2D eigenvalue weighted by Gasteiger charge is 2.64. The van der Waals surface area contributed by atoms with Gasteiger partial charge >= 0.3 is 5.97 Å². The Morgan fingerprint density at radius 2 is 1.83 bits per heavy atom. The van der Waals surface area contributed by atoms with E-state index in [1.807, 2.05) is 0 Å². The second kappa shape index (κ2) is 6.00. The summed E-state index contributed by atoms with van der Waals surface area (Å²) in [7, 11) is 1.54. The maximum atomic E-state index is 12.6. The van der Waals surface area contributed by atoms with Gasteiger partial charge in [-0.15, -0.1) is 0 Å². The third kappa shape index (κ3) is 2.37. The van der Waals surface area contributed by atoms with Crippen LogP contribution in [0.4, 0.5) is 0 Å². The van der Waals surface area contributed by atoms with Crippen molar-refractivity contribution in [3.63, 3.8) is 0 Å². The Bertz CT molecular complexity index is 504. The second-order valence-corrected chi connectivity index (χ2v) is 9.83. The molecule has 0 heterocycles. The first-order chi connectivity index (χ1) is 11.2. The van der Waals surface area contributed by atoms with E-state index >= 15 is 0 Å². The van der Waals surface area contributed by atoms with Crippen LogP contribution in [0.25, 0.3) is 0 Å². The van der Waals surface area contributed by atoms with Crippen LogP contribution in [0.2, 0.25) is 0 Å². The predicted molar refractivity (Wildman–Crippen MR) is 97.4 cm³/mol. The van der Waals surface area contributed by atoms with Crippen LogP contribution in [0, 0.1) is 34.5 Å². The highest BCUT2D eigenvalue weighted by Crippen LogP contribution is 2.65. The molecule has 0 aliphatic heterocycles. The van der Waals surface area contributed by atoms with Crippen LogP contribution in [-0.2, 0) is 9.53 Å². The van der Waals surface area contributed by atoms with Gasteiger partial charge in [0.05, 0.1) is 12.5 Å². The average Bonchev–Trinajstić information content (AvgIpc) is 2.54. The van der Waals surface area contributed by atoms with Crippen molar-refractivity contribution in [3.05, 3.63) is 0 Å². The number of esters is 1. The molecule has 0 saturated heterocycles. The molecule has 6 atom stereocenters. The number of carbonyl (C=O) groups is 1. The Morgan fingerprint density at radius 1 is 1.12 bits per heavy atom. The molecule has 3 fully saturated rings. The van der Waals surface area contributed by atoms with Crippen LogP contribution in [0.5, 0.6) is 0 Å². The standard InChI is InChI=1S/C21H37NO2/c1-14(2)15-9-12-21(22)16(13-15)7-8-17-19(3,18(23)24-5)10-6-11-20(17,21)4/h14-17H,6-13,22H2,1-5H3/t15?,16?,17?,19?,20-,21?/m0/s1. The normalized spacial score (nSPS) is 48.5. The van der Waals surface area contributed by atoms with E-state index in [1.165, 1.54) is 32.8 Å². The van der Waals surface area contributed by atoms with E-state index in [9.17, 15) is 4.79 Å². The van der Waals surface area contributed by atoms with Crippen LogP contribution >= 0.6 is 0 Å². The van der Waals surface area contributed by atoms with Gasteiger partial charge in [-0.25, -0.2) is 0 Å². The Morgan fingerprint density at radius 3 is 2.46 bits per heavy atom. The summed E-state index contributed by atoms with van der Waals surface area (Å²) in [6.45, 7) is 9.26. The van der Waals surface area contributed by atoms with Gasteiger partial charge in [0.25, 0.3) is 0 Å². The molecule has 0 radical (unpaired) electrons. The summed E-state index contributed by atoms with van der Waals surface area (Å²) in [4.78, 5) is 12.6. The SMILES string of the molecule is COC(=O)C1(C)CCC[C@@]2(C)C1CCC1CC(C(C)C)CCC12N. The number of nitrogens with two attached hydrogens (primary N) is 1. The maximum Gasteiger partial charge on any atom is 0.311 e. The molecule has 5 unspecified atom stereocenters. The molecule has 3 rings (SSSR count). The summed E-state index contributed by atoms with van der Waals surface area (Å²) in [6.07, 6.45) is 9.21. The van der Waals surface area contributed by atoms with E-state index in [-0.39, 0.29) is 22.3 Å². The first kappa shape index (κ1) is 18.2. The molecular formula is C21H37NO2. The molecule has 0 aromatic heterocycles. The Labute approximate surface area is 148 Å². The largest absolute Gasteiger partial charge is 0.469 e. The number of ether oxygens (including phenoxy) is 1. The van der Waals surface area contributed by atoms with Crippen LogP contribution < -0.4 is 5.73 Å². The molecule has 3 saturated carbocycles. The van der Waals surface area contributed by atoms with Crippen molar-refractivity contribution in [2.24, 2.45) is 40.2 Å². The molecule has 0 spiro atoms. The number of fused-ring (bicyclic) bond motifs is 3. The number of carbonyl (C=O) groups excluding carboxylic acids is 1. The lowest BCUT2D eigenvalue weighted by atomic mass is 9.41. The van der Waals surface area contributed by atoms with Gasteiger partial charge < -0.3 is 10.5 Å². The zero-order chi connectivity index (χ0) is 17.8. The molecule has 3 aliphatic rings. The van der Waals surface area contributed by atoms with Crippen LogP contribution in [0.15, 0.2) is 0 Å². The number of methoxy groups -OCH3 is 1. The van der Waals surface area contributed by atoms with E-state index < -0.39 is 0 Å². The van der Waals surface area contributed by atoms with Gasteiger partial charge in [0.15, 0.2) is 0 Å². The maximum absolute atomic E-state index is 12.6. The topological polar surface area (TPSA) is 52.3 Å². The Balaban J connectivity index is 1.93. The third-order valence-electron chi connectivity index (χ3n) is 8.64. The summed E-state index contributed by atoms with van der Waals surface area (Å²) in [5.74, 6) is 2.55. The minimum atomic E-state index is -0.353. The van der Waals surface area contributed by atoms with Gasteiger partial charge in [-0.05, 0) is 81.0 Å². The van der Waals surface area contributed by atoms with Crippen molar-refractivity contribution in [3.8, 4) is 0 Å². The lowest BCUT2D eigenvalue weighted by molar-refractivity contribution is -0.180. The van der Waals surface area contributed by atoms with E-state index in [4.69, 9.17) is 10.5 Å². The van der Waals surface area contributed by atoms with Gasteiger partial charge in [-0.3, -0.25) is 4.79 Å². The fourth-order valence-corrected chi connectivity index (χ4v) is 6.97. The van der Waals surface area contributed by atoms with Crippen molar-refractivity contribution >= 4 is 5.97 Å². The lowest BCUT2D eigenvalue weighted by Gasteiger charge is -2.66. The fraction of sp³-hybridized carbons (Fsp3) is 0.952. The van der Waals surface area contributed by atoms with Crippen LogP contribution in [0.1, 0.15) is 79.1 Å². The second-order valence-electron chi connectivity index (χ2n) is 9.83. The molecule has 0 amide bonds. The third-order valence-corrected chi connectivity index (χ3v) is 8.64. The van der Waals surface area contributed by atoms with Gasteiger partial charge in [0.1, 0.15) is 0 Å². The van der Waals surface area contributed by atoms with Gasteiger partial charge in [0.2, 0.25) is 0 Å². The minimum absolute atomic E-state index is 0.0173. The highest BCUT2D eigenvalue weighted by molar-refractivity contribution is 5.77. The van der Waals surface area contributed by atoms with E-state index in [2.05, 4.69) is 27.7 Å². The zero-order valence-electron chi connectivity index (χ0n) is 16.4. The monoisotopic (exact) mass is 335 g/mol. The molecular weight excluding hydrogens is 298 g/mol. The minimum Gasteiger partial charge on any atom is -0.469 e. The molecule has 3 heteroatoms. The van der Waals surface area contributed by atoms with Crippen molar-refractivity contribution in [1.82, 2.24) is 0 Å². The van der Waals surface area contributed by atoms with E-state index in [0.717, 1.165) is 37.5 Å². The number of hydrogen-bond acceptors (Lipinski definition) is 3. The summed E-state index contributed by atoms with van der Waals surface area (Å²) in [6, 6.07) is 0. The molecule has 24 heavy (non-hydrogen) atoms. The van der Waals surface area contributed by atoms with Gasteiger partial charge in [-0.1, -0.05) is 27.2 Å². The fourth-order valence-electron chi connectivity index (χ4n) is 6.97. The summed E-state index contributed by atoms with van der Waals surface area (Å²) < 4.78 is 5.22. The highest BCUT2D eigenvalue weighted by atomic mass is 16.5. The first-order valence-electron chi connectivity index (χ1n) is 10.1. The van der Waals surface area contributed by atoms with Crippen molar-refractivity contribution in [1.29, 1.82) is 0 Å². The van der Waals surface area contributed by atoms with Crippen molar-refractivity contribution in [2.45, 2.75) is 84.6 Å². The quantitative estimate of drug-likeness (QED) is 0.754. The number of hydrogen-bond donors (Lipinski definition) is 1. The summed E-state index contributed by atoms with van der Waals surface area (Å²) in [5, 5.41) is 0. The molecule has 138 valence electrons. The van der Waals surface area contributed by atoms with E-state index in [0.29, 0.717) is 11.8 Å². The molecule has 3 nitrogen and oxygen atoms in total. The van der Waals surface area contributed by atoms with E-state index in [1.54, 1.807) is 0 Å².